The van der Waals surface area contributed by atoms with Gasteiger partial charge in [0.1, 0.15) is 0 Å². The Hall–Kier alpha value is -0.880. The molecule has 2 aromatic rings. The predicted octanol–water partition coefficient (Wildman–Crippen LogP) is 2.78. The number of halogens is 1. The van der Waals surface area contributed by atoms with Crippen LogP contribution < -0.4 is 5.32 Å². The zero-order chi connectivity index (χ0) is 14.7. The topological polar surface area (TPSA) is 33.1 Å². The van der Waals surface area contributed by atoms with E-state index in [1.165, 1.54) is 11.1 Å². The van der Waals surface area contributed by atoms with Gasteiger partial charge in [0.05, 0.1) is 29.5 Å². The molecule has 0 saturated heterocycles. The number of hydrogen-bond acceptors (Lipinski definition) is 4. The molecule has 4 nitrogen and oxygen atoms in total. The molecule has 0 fully saturated rings. The number of likely N-dealkylation sites (N-methyl/N-ethyl adjacent to an activating group) is 1. The summed E-state index contributed by atoms with van der Waals surface area (Å²) in [5.74, 6) is 0. The lowest BCUT2D eigenvalue weighted by molar-refractivity contribution is 0.366. The molecule has 0 aliphatic carbocycles. The van der Waals surface area contributed by atoms with Crippen LogP contribution in [0, 0.1) is 6.92 Å². The van der Waals surface area contributed by atoms with E-state index in [-0.39, 0.29) is 6.04 Å². The van der Waals surface area contributed by atoms with Crippen LogP contribution in [0.1, 0.15) is 22.9 Å². The smallest absolute Gasteiger partial charge is 0.0837 e. The molecule has 0 aliphatic heterocycles. The summed E-state index contributed by atoms with van der Waals surface area (Å²) < 4.78 is 2.00. The SMILES string of the molecule is CNC(c1cscc1C)c1c(Cl)cnn1CCN(C)C. The van der Waals surface area contributed by atoms with Gasteiger partial charge in [0.15, 0.2) is 0 Å². The molecule has 2 heterocycles. The van der Waals surface area contributed by atoms with E-state index in [1.54, 1.807) is 17.5 Å². The van der Waals surface area contributed by atoms with Crippen molar-refractivity contribution in [2.24, 2.45) is 0 Å². The third-order valence-corrected chi connectivity index (χ3v) is 4.53. The van der Waals surface area contributed by atoms with E-state index in [1.807, 2.05) is 11.7 Å². The monoisotopic (exact) mass is 312 g/mol. The van der Waals surface area contributed by atoms with Crippen LogP contribution in [0.2, 0.25) is 5.02 Å². The van der Waals surface area contributed by atoms with Crippen molar-refractivity contribution in [2.75, 3.05) is 27.7 Å². The number of hydrogen-bond donors (Lipinski definition) is 1. The molecule has 0 radical (unpaired) electrons. The quantitative estimate of drug-likeness (QED) is 0.890. The fraction of sp³-hybridized carbons (Fsp3) is 0.500. The highest BCUT2D eigenvalue weighted by Gasteiger charge is 2.22. The fourth-order valence-electron chi connectivity index (χ4n) is 2.24. The number of nitrogens with zero attached hydrogens (tertiary/aromatic N) is 3. The lowest BCUT2D eigenvalue weighted by Crippen LogP contribution is -2.25. The number of thiophene rings is 1. The summed E-state index contributed by atoms with van der Waals surface area (Å²) in [5.41, 5.74) is 3.59. The van der Waals surface area contributed by atoms with Gasteiger partial charge >= 0.3 is 0 Å². The maximum Gasteiger partial charge on any atom is 0.0837 e. The van der Waals surface area contributed by atoms with Gasteiger partial charge in [0.25, 0.3) is 0 Å². The van der Waals surface area contributed by atoms with Crippen molar-refractivity contribution in [3.63, 3.8) is 0 Å². The minimum absolute atomic E-state index is 0.0819. The largest absolute Gasteiger partial charge is 0.308 e. The third-order valence-electron chi connectivity index (χ3n) is 3.36. The number of aryl methyl sites for hydroxylation is 1. The van der Waals surface area contributed by atoms with Gasteiger partial charge in [-0.25, -0.2) is 0 Å². The lowest BCUT2D eigenvalue weighted by Gasteiger charge is -2.20. The van der Waals surface area contributed by atoms with Crippen LogP contribution in [-0.4, -0.2) is 42.4 Å². The highest BCUT2D eigenvalue weighted by Crippen LogP contribution is 2.31. The minimum atomic E-state index is 0.0819. The summed E-state index contributed by atoms with van der Waals surface area (Å²) in [5, 5.41) is 12.8. The highest BCUT2D eigenvalue weighted by atomic mass is 35.5. The molecule has 2 aromatic heterocycles. The standard InChI is InChI=1S/C14H21ClN4S/c1-10-8-20-9-11(10)13(16-2)14-12(15)7-17-19(14)6-5-18(3)4/h7-9,13,16H,5-6H2,1-4H3. The molecule has 20 heavy (non-hydrogen) atoms. The third kappa shape index (κ3) is 3.23. The zero-order valence-electron chi connectivity index (χ0n) is 12.4. The molecule has 110 valence electrons. The minimum Gasteiger partial charge on any atom is -0.308 e. The van der Waals surface area contributed by atoms with Gasteiger partial charge in [-0.2, -0.15) is 16.4 Å². The Morgan fingerprint density at radius 2 is 2.20 bits per heavy atom. The molecule has 0 spiro atoms. The average Bonchev–Trinajstić information content (AvgIpc) is 2.97. The van der Waals surface area contributed by atoms with E-state index in [4.69, 9.17) is 11.6 Å². The first-order valence-corrected chi connectivity index (χ1v) is 7.92. The maximum atomic E-state index is 6.37. The summed E-state index contributed by atoms with van der Waals surface area (Å²) in [6, 6.07) is 0.0819. The second kappa shape index (κ2) is 6.72. The second-order valence-corrected chi connectivity index (χ2v) is 6.29. The molecule has 0 saturated carbocycles. The molecule has 2 rings (SSSR count). The molecule has 1 atom stereocenters. The molecule has 0 bridgehead atoms. The molecule has 0 amide bonds. The van der Waals surface area contributed by atoms with Gasteiger partial charge in [0, 0.05) is 6.54 Å². The van der Waals surface area contributed by atoms with E-state index < -0.39 is 0 Å². The van der Waals surface area contributed by atoms with E-state index in [0.29, 0.717) is 5.02 Å². The van der Waals surface area contributed by atoms with Crippen molar-refractivity contribution in [1.82, 2.24) is 20.0 Å². The van der Waals surface area contributed by atoms with Crippen LogP contribution in [0.25, 0.3) is 0 Å². The second-order valence-electron chi connectivity index (χ2n) is 5.14. The van der Waals surface area contributed by atoms with Gasteiger partial charge in [-0.05, 0) is 50.0 Å². The van der Waals surface area contributed by atoms with Crippen LogP contribution in [0.3, 0.4) is 0 Å². The molecular weight excluding hydrogens is 292 g/mol. The molecular formula is C14H21ClN4S. The first kappa shape index (κ1) is 15.5. The van der Waals surface area contributed by atoms with Crippen molar-refractivity contribution >= 4 is 22.9 Å². The fourth-order valence-corrected chi connectivity index (χ4v) is 3.36. The number of aromatic nitrogens is 2. The van der Waals surface area contributed by atoms with E-state index >= 15 is 0 Å². The van der Waals surface area contributed by atoms with Crippen LogP contribution >= 0.6 is 22.9 Å². The van der Waals surface area contributed by atoms with Gasteiger partial charge in [-0.1, -0.05) is 11.6 Å². The molecule has 1 N–H and O–H groups in total. The van der Waals surface area contributed by atoms with E-state index in [9.17, 15) is 0 Å². The van der Waals surface area contributed by atoms with Gasteiger partial charge in [0.2, 0.25) is 0 Å². The molecule has 0 aliphatic rings. The Labute approximate surface area is 129 Å². The van der Waals surface area contributed by atoms with Gasteiger partial charge < -0.3 is 10.2 Å². The van der Waals surface area contributed by atoms with Crippen molar-refractivity contribution in [3.8, 4) is 0 Å². The van der Waals surface area contributed by atoms with Crippen LogP contribution in [0.5, 0.6) is 0 Å². The van der Waals surface area contributed by atoms with E-state index in [0.717, 1.165) is 18.8 Å². The normalized spacial score (nSPS) is 13.1. The Bertz CT molecular complexity index is 561. The van der Waals surface area contributed by atoms with Crippen LogP contribution in [0.4, 0.5) is 0 Å². The highest BCUT2D eigenvalue weighted by molar-refractivity contribution is 7.08. The number of rotatable bonds is 6. The Balaban J connectivity index is 2.34. The lowest BCUT2D eigenvalue weighted by atomic mass is 10.0. The first-order chi connectivity index (χ1) is 9.54. The Morgan fingerprint density at radius 1 is 1.45 bits per heavy atom. The Morgan fingerprint density at radius 3 is 2.75 bits per heavy atom. The average molecular weight is 313 g/mol. The summed E-state index contributed by atoms with van der Waals surface area (Å²) in [7, 11) is 6.08. The van der Waals surface area contributed by atoms with Crippen molar-refractivity contribution in [2.45, 2.75) is 19.5 Å². The summed E-state index contributed by atoms with van der Waals surface area (Å²) in [4.78, 5) is 2.14. The molecule has 1 unspecified atom stereocenters. The molecule has 0 aromatic carbocycles. The van der Waals surface area contributed by atoms with Crippen molar-refractivity contribution < 1.29 is 0 Å². The van der Waals surface area contributed by atoms with Crippen LogP contribution in [0.15, 0.2) is 17.0 Å². The number of nitrogens with one attached hydrogen (secondary N) is 1. The van der Waals surface area contributed by atoms with Gasteiger partial charge in [-0.15, -0.1) is 0 Å². The first-order valence-electron chi connectivity index (χ1n) is 6.60. The summed E-state index contributed by atoms with van der Waals surface area (Å²) in [6.45, 7) is 3.89. The van der Waals surface area contributed by atoms with Crippen LogP contribution in [-0.2, 0) is 6.54 Å². The van der Waals surface area contributed by atoms with E-state index in [2.05, 4.69) is 47.1 Å². The predicted molar refractivity (Wildman–Crippen MR) is 85.7 cm³/mol. The van der Waals surface area contributed by atoms with Gasteiger partial charge in [-0.3, -0.25) is 4.68 Å². The zero-order valence-corrected chi connectivity index (χ0v) is 13.9. The van der Waals surface area contributed by atoms with Crippen molar-refractivity contribution in [1.29, 1.82) is 0 Å². The van der Waals surface area contributed by atoms with Crippen molar-refractivity contribution in [3.05, 3.63) is 38.8 Å². The maximum absolute atomic E-state index is 6.37. The summed E-state index contributed by atoms with van der Waals surface area (Å²) in [6.07, 6.45) is 1.73. The Kier molecular flexibility index (Phi) is 5.21. The molecule has 6 heteroatoms. The summed E-state index contributed by atoms with van der Waals surface area (Å²) >= 11 is 8.09.